The molecule has 10 rings (SSSR count). The normalized spacial score (nSPS) is 11.8. The molecule has 0 spiro atoms. The van der Waals surface area contributed by atoms with Crippen LogP contribution in [0.4, 0.5) is 0 Å². The van der Waals surface area contributed by atoms with E-state index in [1.54, 1.807) is 0 Å². The van der Waals surface area contributed by atoms with Gasteiger partial charge in [0.2, 0.25) is 0 Å². The fourth-order valence-electron chi connectivity index (χ4n) is 6.89. The van der Waals surface area contributed by atoms with Gasteiger partial charge in [0.25, 0.3) is 0 Å². The minimum atomic E-state index is 0.587. The molecule has 0 aliphatic carbocycles. The first-order chi connectivity index (χ1) is 23.8. The minimum absolute atomic E-state index is 0.587. The van der Waals surface area contributed by atoms with Crippen molar-refractivity contribution < 1.29 is 8.83 Å². The van der Waals surface area contributed by atoms with E-state index in [4.69, 9.17) is 23.8 Å². The van der Waals surface area contributed by atoms with Gasteiger partial charge >= 0.3 is 0 Å². The molecular weight excluding hydrogens is 590 g/mol. The largest absolute Gasteiger partial charge is 0.456 e. The molecule has 0 atom stereocenters. The molecule has 48 heavy (non-hydrogen) atoms. The van der Waals surface area contributed by atoms with Crippen molar-refractivity contribution in [2.45, 2.75) is 0 Å². The third kappa shape index (κ3) is 4.15. The summed E-state index contributed by atoms with van der Waals surface area (Å²) in [6.45, 7) is 0. The molecule has 0 bridgehead atoms. The van der Waals surface area contributed by atoms with Gasteiger partial charge in [0.15, 0.2) is 17.5 Å². The first-order valence-electron chi connectivity index (χ1n) is 15.9. The molecule has 0 saturated carbocycles. The number of nitrogens with zero attached hydrogens (tertiary/aromatic N) is 3. The molecule has 0 radical (unpaired) electrons. The van der Waals surface area contributed by atoms with Crippen LogP contribution in [-0.4, -0.2) is 15.0 Å². The molecule has 3 heterocycles. The van der Waals surface area contributed by atoms with Crippen molar-refractivity contribution in [1.82, 2.24) is 15.0 Å². The molecule has 0 fully saturated rings. The highest BCUT2D eigenvalue weighted by atomic mass is 16.3. The summed E-state index contributed by atoms with van der Waals surface area (Å²) in [5.41, 5.74) is 8.33. The monoisotopic (exact) mass is 615 g/mol. The molecule has 5 heteroatoms. The van der Waals surface area contributed by atoms with Gasteiger partial charge < -0.3 is 8.83 Å². The summed E-state index contributed by atoms with van der Waals surface area (Å²) in [6.07, 6.45) is 0. The molecular formula is C43H25N3O2. The predicted molar refractivity (Wildman–Crippen MR) is 194 cm³/mol. The maximum absolute atomic E-state index is 6.55. The lowest BCUT2D eigenvalue weighted by Gasteiger charge is -2.11. The highest BCUT2D eigenvalue weighted by Crippen LogP contribution is 2.41. The first-order valence-corrected chi connectivity index (χ1v) is 15.9. The van der Waals surface area contributed by atoms with E-state index in [-0.39, 0.29) is 0 Å². The van der Waals surface area contributed by atoms with Crippen molar-refractivity contribution in [3.05, 3.63) is 152 Å². The summed E-state index contributed by atoms with van der Waals surface area (Å²) >= 11 is 0. The number of furan rings is 2. The summed E-state index contributed by atoms with van der Waals surface area (Å²) in [6, 6.07) is 51.6. The van der Waals surface area contributed by atoms with Gasteiger partial charge in [-0.15, -0.1) is 0 Å². The molecule has 3 aromatic heterocycles. The zero-order valence-electron chi connectivity index (χ0n) is 25.6. The van der Waals surface area contributed by atoms with E-state index in [1.807, 2.05) is 78.9 Å². The second-order valence-electron chi connectivity index (χ2n) is 12.0. The topological polar surface area (TPSA) is 65.0 Å². The van der Waals surface area contributed by atoms with Gasteiger partial charge in [-0.3, -0.25) is 0 Å². The van der Waals surface area contributed by atoms with Crippen LogP contribution in [-0.2, 0) is 0 Å². The van der Waals surface area contributed by atoms with E-state index in [0.717, 1.165) is 82.5 Å². The summed E-state index contributed by atoms with van der Waals surface area (Å²) in [5, 5.41) is 6.09. The molecule has 0 aliphatic rings. The third-order valence-corrected chi connectivity index (χ3v) is 9.14. The lowest BCUT2D eigenvalue weighted by Crippen LogP contribution is -2.01. The van der Waals surface area contributed by atoms with Gasteiger partial charge in [0.1, 0.15) is 22.3 Å². The molecule has 0 N–H and O–H groups in total. The SMILES string of the molecule is c1ccc(-c2ccc3oc4c5ccccc5c(-c5nc(-c6ccccc6)nc(-c6cccc7oc8ccccc8c67)n5)cc4c3c2)cc1. The first kappa shape index (κ1) is 26.6. The van der Waals surface area contributed by atoms with E-state index in [2.05, 4.69) is 72.8 Å². The van der Waals surface area contributed by atoms with Gasteiger partial charge in [0, 0.05) is 43.6 Å². The molecule has 7 aromatic carbocycles. The number of aromatic nitrogens is 3. The number of benzene rings is 7. The molecule has 10 aromatic rings. The summed E-state index contributed by atoms with van der Waals surface area (Å²) in [5.74, 6) is 1.78. The van der Waals surface area contributed by atoms with E-state index < -0.39 is 0 Å². The Balaban J connectivity index is 1.27. The van der Waals surface area contributed by atoms with Crippen LogP contribution in [0.5, 0.6) is 0 Å². The molecule has 224 valence electrons. The molecule has 0 aliphatic heterocycles. The van der Waals surface area contributed by atoms with E-state index in [0.29, 0.717) is 17.5 Å². The second kappa shape index (κ2) is 10.5. The average Bonchev–Trinajstić information content (AvgIpc) is 3.73. The van der Waals surface area contributed by atoms with Gasteiger partial charge in [-0.1, -0.05) is 121 Å². The Kier molecular flexibility index (Phi) is 5.81. The molecule has 0 unspecified atom stereocenters. The van der Waals surface area contributed by atoms with Crippen LogP contribution in [0.15, 0.2) is 160 Å². The van der Waals surface area contributed by atoms with Crippen LogP contribution in [0.3, 0.4) is 0 Å². The number of fused-ring (bicyclic) bond motifs is 8. The summed E-state index contributed by atoms with van der Waals surface area (Å²) in [4.78, 5) is 15.4. The van der Waals surface area contributed by atoms with Gasteiger partial charge in [-0.25, -0.2) is 15.0 Å². The Morgan fingerprint density at radius 2 is 0.958 bits per heavy atom. The molecule has 5 nitrogen and oxygen atoms in total. The van der Waals surface area contributed by atoms with Crippen LogP contribution in [0.1, 0.15) is 0 Å². The van der Waals surface area contributed by atoms with Gasteiger partial charge in [-0.05, 0) is 46.8 Å². The third-order valence-electron chi connectivity index (χ3n) is 9.14. The smallest absolute Gasteiger partial charge is 0.164 e. The van der Waals surface area contributed by atoms with E-state index in [1.165, 1.54) is 0 Å². The summed E-state index contributed by atoms with van der Waals surface area (Å²) in [7, 11) is 0. The van der Waals surface area contributed by atoms with Gasteiger partial charge in [0.05, 0.1) is 0 Å². The van der Waals surface area contributed by atoms with E-state index >= 15 is 0 Å². The zero-order chi connectivity index (χ0) is 31.6. The maximum Gasteiger partial charge on any atom is 0.164 e. The van der Waals surface area contributed by atoms with Gasteiger partial charge in [-0.2, -0.15) is 0 Å². The van der Waals surface area contributed by atoms with Crippen LogP contribution in [0.2, 0.25) is 0 Å². The molecule has 0 saturated heterocycles. The standard InChI is InChI=1S/C43H25N3O2/c1-3-12-26(13-4-1)28-22-23-37-33(24-28)34-25-35(29-16-7-8-17-30(29)40(34)48-37)43-45-41(27-14-5-2-6-15-27)44-42(46-43)32-19-11-21-38-39(32)31-18-9-10-20-36(31)47-38/h1-25H. The Morgan fingerprint density at radius 3 is 1.77 bits per heavy atom. The van der Waals surface area contributed by atoms with Crippen LogP contribution in [0.25, 0.3) is 99.9 Å². The zero-order valence-corrected chi connectivity index (χ0v) is 25.6. The van der Waals surface area contributed by atoms with E-state index in [9.17, 15) is 0 Å². The van der Waals surface area contributed by atoms with Crippen LogP contribution >= 0.6 is 0 Å². The quantitative estimate of drug-likeness (QED) is 0.197. The maximum atomic E-state index is 6.55. The Hall–Kier alpha value is -6.59. The van der Waals surface area contributed by atoms with Crippen molar-refractivity contribution in [1.29, 1.82) is 0 Å². The number of para-hydroxylation sites is 1. The fourth-order valence-corrected chi connectivity index (χ4v) is 6.89. The highest BCUT2D eigenvalue weighted by Gasteiger charge is 2.21. The lowest BCUT2D eigenvalue weighted by atomic mass is 9.98. The summed E-state index contributed by atoms with van der Waals surface area (Å²) < 4.78 is 12.8. The van der Waals surface area contributed by atoms with Crippen molar-refractivity contribution in [2.75, 3.05) is 0 Å². The number of rotatable bonds is 4. The fraction of sp³-hybridized carbons (Fsp3) is 0. The Labute approximate surface area is 274 Å². The highest BCUT2D eigenvalue weighted by molar-refractivity contribution is 6.19. The predicted octanol–water partition coefficient (Wildman–Crippen LogP) is 11.5. The average molecular weight is 616 g/mol. The lowest BCUT2D eigenvalue weighted by molar-refractivity contribution is 0.669. The van der Waals surface area contributed by atoms with Crippen molar-refractivity contribution in [2.24, 2.45) is 0 Å². The van der Waals surface area contributed by atoms with Crippen molar-refractivity contribution in [3.8, 4) is 45.3 Å². The van der Waals surface area contributed by atoms with Crippen LogP contribution < -0.4 is 0 Å². The number of hydrogen-bond acceptors (Lipinski definition) is 5. The van der Waals surface area contributed by atoms with Crippen molar-refractivity contribution >= 4 is 54.6 Å². The molecule has 0 amide bonds. The minimum Gasteiger partial charge on any atom is -0.456 e. The Bertz CT molecular complexity index is 2840. The number of hydrogen-bond donors (Lipinski definition) is 0. The Morgan fingerprint density at radius 1 is 0.333 bits per heavy atom. The van der Waals surface area contributed by atoms with Crippen molar-refractivity contribution in [3.63, 3.8) is 0 Å². The second-order valence-corrected chi connectivity index (χ2v) is 12.0. The van der Waals surface area contributed by atoms with Crippen LogP contribution in [0, 0.1) is 0 Å².